The molecule has 6 nitrogen and oxygen atoms in total. The molecule has 0 aromatic heterocycles. The lowest BCUT2D eigenvalue weighted by molar-refractivity contribution is -0.148. The largest absolute Gasteiger partial charge is 0.481 e. The van der Waals surface area contributed by atoms with E-state index in [4.69, 9.17) is 10.8 Å². The number of hydrogen-bond donors (Lipinski definition) is 2. The molecular weight excluding hydrogens is 274 g/mol. The summed E-state index contributed by atoms with van der Waals surface area (Å²) in [6.07, 6.45) is -0.529. The molecule has 0 unspecified atom stereocenters. The molecule has 0 aliphatic carbocycles. The lowest BCUT2D eigenvalue weighted by Gasteiger charge is -2.08. The van der Waals surface area contributed by atoms with E-state index in [0.29, 0.717) is 5.56 Å². The van der Waals surface area contributed by atoms with E-state index >= 15 is 0 Å². The topological polar surface area (TPSA) is 107 Å². The molecule has 0 heterocycles. The Morgan fingerprint density at radius 2 is 1.79 bits per heavy atom. The summed E-state index contributed by atoms with van der Waals surface area (Å²) in [5.74, 6) is -2.47. The van der Waals surface area contributed by atoms with E-state index in [1.165, 1.54) is 0 Å². The molecule has 0 fully saturated rings. The molecule has 0 saturated carbocycles. The van der Waals surface area contributed by atoms with Gasteiger partial charge in [0.2, 0.25) is 0 Å². The second-order valence-corrected chi connectivity index (χ2v) is 3.60. The van der Waals surface area contributed by atoms with Crippen LogP contribution in [0.2, 0.25) is 0 Å². The van der Waals surface area contributed by atoms with Crippen LogP contribution in [-0.4, -0.2) is 35.5 Å². The summed E-state index contributed by atoms with van der Waals surface area (Å²) in [5, 5.41) is 8.43. The maximum absolute atomic E-state index is 11.6. The van der Waals surface area contributed by atoms with E-state index in [1.54, 1.807) is 30.3 Å². The van der Waals surface area contributed by atoms with Gasteiger partial charge in [-0.3, -0.25) is 14.4 Å². The van der Waals surface area contributed by atoms with Gasteiger partial charge in [0.25, 0.3) is 0 Å². The molecule has 1 aromatic rings. The van der Waals surface area contributed by atoms with Crippen molar-refractivity contribution in [3.05, 3.63) is 35.9 Å². The number of ketones is 1. The van der Waals surface area contributed by atoms with Crippen molar-refractivity contribution in [2.75, 3.05) is 6.61 Å². The van der Waals surface area contributed by atoms with Crippen LogP contribution in [0.1, 0.15) is 16.8 Å². The second-order valence-electron chi connectivity index (χ2n) is 3.60. The minimum absolute atomic E-state index is 0. The summed E-state index contributed by atoms with van der Waals surface area (Å²) in [6, 6.07) is 7.05. The van der Waals surface area contributed by atoms with Gasteiger partial charge in [-0.15, -0.1) is 12.4 Å². The summed E-state index contributed by atoms with van der Waals surface area (Å²) in [4.78, 5) is 33.1. The fourth-order valence-electron chi connectivity index (χ4n) is 1.22. The van der Waals surface area contributed by atoms with Crippen LogP contribution in [0.25, 0.3) is 0 Å². The van der Waals surface area contributed by atoms with Gasteiger partial charge in [-0.2, -0.15) is 0 Å². The van der Waals surface area contributed by atoms with E-state index in [1.807, 2.05) is 0 Å². The second kappa shape index (κ2) is 8.23. The molecular formula is C12H14ClNO5. The Labute approximate surface area is 116 Å². The molecule has 7 heteroatoms. The number of ether oxygens (including phenoxy) is 1. The Morgan fingerprint density at radius 1 is 1.21 bits per heavy atom. The average molecular weight is 288 g/mol. The van der Waals surface area contributed by atoms with Gasteiger partial charge in [0.15, 0.2) is 12.4 Å². The molecule has 104 valence electrons. The van der Waals surface area contributed by atoms with E-state index in [2.05, 4.69) is 4.74 Å². The van der Waals surface area contributed by atoms with Crippen molar-refractivity contribution in [1.29, 1.82) is 0 Å². The molecule has 0 saturated heterocycles. The van der Waals surface area contributed by atoms with Crippen molar-refractivity contribution >= 4 is 30.1 Å². The van der Waals surface area contributed by atoms with Crippen LogP contribution in [0.15, 0.2) is 30.3 Å². The zero-order valence-corrected chi connectivity index (χ0v) is 10.8. The number of carbonyl (C=O) groups excluding carboxylic acids is 2. The first-order valence-corrected chi connectivity index (χ1v) is 5.23. The molecule has 1 aromatic carbocycles. The zero-order valence-electron chi connectivity index (χ0n) is 9.94. The predicted molar refractivity (Wildman–Crippen MR) is 69.2 cm³/mol. The van der Waals surface area contributed by atoms with Crippen LogP contribution < -0.4 is 5.73 Å². The van der Waals surface area contributed by atoms with Crippen LogP contribution >= 0.6 is 12.4 Å². The van der Waals surface area contributed by atoms with Crippen molar-refractivity contribution in [2.45, 2.75) is 12.5 Å². The average Bonchev–Trinajstić information content (AvgIpc) is 2.35. The first kappa shape index (κ1) is 17.1. The first-order chi connectivity index (χ1) is 8.50. The van der Waals surface area contributed by atoms with Crippen molar-refractivity contribution in [2.24, 2.45) is 5.73 Å². The van der Waals surface area contributed by atoms with Gasteiger partial charge < -0.3 is 15.6 Å². The van der Waals surface area contributed by atoms with Crippen molar-refractivity contribution in [1.82, 2.24) is 0 Å². The van der Waals surface area contributed by atoms with Gasteiger partial charge >= 0.3 is 11.9 Å². The molecule has 1 rings (SSSR count). The number of rotatable bonds is 6. The number of hydrogen-bond acceptors (Lipinski definition) is 5. The monoisotopic (exact) mass is 287 g/mol. The van der Waals surface area contributed by atoms with E-state index < -0.39 is 31.0 Å². The Kier molecular flexibility index (Phi) is 7.40. The third kappa shape index (κ3) is 5.98. The lowest BCUT2D eigenvalue weighted by Crippen LogP contribution is -2.35. The number of aliphatic carboxylic acids is 1. The smallest absolute Gasteiger partial charge is 0.323 e. The molecule has 0 amide bonds. The third-order valence-corrected chi connectivity index (χ3v) is 2.14. The molecule has 19 heavy (non-hydrogen) atoms. The van der Waals surface area contributed by atoms with Gasteiger partial charge in [-0.25, -0.2) is 0 Å². The van der Waals surface area contributed by atoms with Gasteiger partial charge in [0.05, 0.1) is 6.42 Å². The number of Topliss-reactive ketones (excluding diaryl/α,β-unsaturated/α-hetero) is 1. The SMILES string of the molecule is Cl.N[C@@H](CC(=O)O)C(=O)OCC(=O)c1ccccc1. The third-order valence-electron chi connectivity index (χ3n) is 2.14. The predicted octanol–water partition coefficient (Wildman–Crippen LogP) is 0.636. The van der Waals surface area contributed by atoms with Crippen LogP contribution in [0, 0.1) is 0 Å². The van der Waals surface area contributed by atoms with Crippen molar-refractivity contribution < 1.29 is 24.2 Å². The molecule has 0 aliphatic heterocycles. The number of esters is 1. The molecule has 0 radical (unpaired) electrons. The summed E-state index contributed by atoms with van der Waals surface area (Å²) in [6.45, 7) is -0.448. The number of benzene rings is 1. The number of nitrogens with two attached hydrogens (primary N) is 1. The first-order valence-electron chi connectivity index (χ1n) is 5.23. The number of carboxylic acids is 1. The highest BCUT2D eigenvalue weighted by atomic mass is 35.5. The highest BCUT2D eigenvalue weighted by Gasteiger charge is 2.19. The summed E-state index contributed by atoms with van der Waals surface area (Å²) < 4.78 is 4.64. The lowest BCUT2D eigenvalue weighted by atomic mass is 10.1. The zero-order chi connectivity index (χ0) is 13.5. The van der Waals surface area contributed by atoms with Gasteiger partial charge in [-0.05, 0) is 0 Å². The molecule has 3 N–H and O–H groups in total. The minimum Gasteiger partial charge on any atom is -0.481 e. The Bertz CT molecular complexity index is 449. The quantitative estimate of drug-likeness (QED) is 0.587. The van der Waals surface area contributed by atoms with Crippen LogP contribution in [0.4, 0.5) is 0 Å². The maximum Gasteiger partial charge on any atom is 0.323 e. The Morgan fingerprint density at radius 3 is 2.32 bits per heavy atom. The maximum atomic E-state index is 11.6. The number of carboxylic acid groups (broad SMARTS) is 1. The highest BCUT2D eigenvalue weighted by molar-refractivity contribution is 5.98. The van der Waals surface area contributed by atoms with Gasteiger partial charge in [-0.1, -0.05) is 30.3 Å². The van der Waals surface area contributed by atoms with Gasteiger partial charge in [0, 0.05) is 5.56 Å². The fourth-order valence-corrected chi connectivity index (χ4v) is 1.22. The van der Waals surface area contributed by atoms with Crippen molar-refractivity contribution in [3.63, 3.8) is 0 Å². The summed E-state index contributed by atoms with van der Waals surface area (Å²) in [5.41, 5.74) is 5.69. The van der Waals surface area contributed by atoms with Crippen LogP contribution in [0.5, 0.6) is 0 Å². The molecule has 0 bridgehead atoms. The summed E-state index contributed by atoms with van der Waals surface area (Å²) in [7, 11) is 0. The highest BCUT2D eigenvalue weighted by Crippen LogP contribution is 2.01. The van der Waals surface area contributed by atoms with Crippen LogP contribution in [0.3, 0.4) is 0 Å². The van der Waals surface area contributed by atoms with Crippen LogP contribution in [-0.2, 0) is 14.3 Å². The van der Waals surface area contributed by atoms with E-state index in [-0.39, 0.29) is 18.2 Å². The van der Waals surface area contributed by atoms with E-state index in [0.717, 1.165) is 0 Å². The molecule has 0 spiro atoms. The number of carbonyl (C=O) groups is 3. The number of halogens is 1. The fraction of sp³-hybridized carbons (Fsp3) is 0.250. The standard InChI is InChI=1S/C12H13NO5.ClH/c13-9(6-11(15)16)12(17)18-7-10(14)8-4-2-1-3-5-8;/h1-5,9H,6-7,13H2,(H,15,16);1H/t9-;/m0./s1. The van der Waals surface area contributed by atoms with Gasteiger partial charge in [0.1, 0.15) is 6.04 Å². The van der Waals surface area contributed by atoms with E-state index in [9.17, 15) is 14.4 Å². The van der Waals surface area contributed by atoms with Crippen molar-refractivity contribution in [3.8, 4) is 0 Å². The normalized spacial score (nSPS) is 11.0. The molecule has 1 atom stereocenters. The Hall–Kier alpha value is -1.92. The summed E-state index contributed by atoms with van der Waals surface area (Å²) >= 11 is 0. The Balaban J connectivity index is 0.00000324. The molecule has 0 aliphatic rings. The minimum atomic E-state index is -1.26.